The highest BCUT2D eigenvalue weighted by molar-refractivity contribution is 5.81. The van der Waals surface area contributed by atoms with Crippen LogP contribution < -0.4 is 0 Å². The highest BCUT2D eigenvalue weighted by Gasteiger charge is 2.29. The maximum absolute atomic E-state index is 8.46. The van der Waals surface area contributed by atoms with E-state index in [0.717, 1.165) is 25.0 Å². The van der Waals surface area contributed by atoms with E-state index in [9.17, 15) is 0 Å². The van der Waals surface area contributed by atoms with Crippen molar-refractivity contribution in [2.75, 3.05) is 26.2 Å². The third kappa shape index (κ3) is 3.13. The molecular formula is C16H29N3. The first-order valence-electron chi connectivity index (χ1n) is 8.42. The number of rotatable bonds is 2. The molecule has 108 valence electrons. The molecule has 3 aliphatic rings. The number of piperazine rings is 1. The molecule has 19 heavy (non-hydrogen) atoms. The van der Waals surface area contributed by atoms with Crippen molar-refractivity contribution in [3.05, 3.63) is 0 Å². The Balaban J connectivity index is 1.47. The van der Waals surface area contributed by atoms with Gasteiger partial charge >= 0.3 is 0 Å². The molecular weight excluding hydrogens is 234 g/mol. The number of nitrogens with zero attached hydrogens (tertiary/aromatic N) is 2. The molecule has 1 aliphatic heterocycles. The second-order valence-corrected chi connectivity index (χ2v) is 6.68. The molecule has 0 unspecified atom stereocenters. The third-order valence-electron chi connectivity index (χ3n) is 5.49. The smallest absolute Gasteiger partial charge is 0.0990 e. The molecule has 0 amide bonds. The van der Waals surface area contributed by atoms with Crippen molar-refractivity contribution in [2.45, 2.75) is 63.8 Å². The zero-order valence-electron chi connectivity index (χ0n) is 12.2. The Bertz CT molecular complexity index is 295. The summed E-state index contributed by atoms with van der Waals surface area (Å²) in [6.07, 6.45) is 12.3. The zero-order valence-corrected chi connectivity index (χ0v) is 12.2. The molecule has 0 atom stereocenters. The van der Waals surface area contributed by atoms with Gasteiger partial charge in [0.2, 0.25) is 0 Å². The van der Waals surface area contributed by atoms with Crippen molar-refractivity contribution < 1.29 is 0 Å². The van der Waals surface area contributed by atoms with E-state index in [2.05, 4.69) is 9.80 Å². The summed E-state index contributed by atoms with van der Waals surface area (Å²) in [5.41, 5.74) is 0. The van der Waals surface area contributed by atoms with Crippen LogP contribution >= 0.6 is 0 Å². The highest BCUT2D eigenvalue weighted by Crippen LogP contribution is 2.27. The molecule has 2 aliphatic carbocycles. The lowest BCUT2D eigenvalue weighted by Crippen LogP contribution is -2.52. The topological polar surface area (TPSA) is 30.3 Å². The summed E-state index contributed by atoms with van der Waals surface area (Å²) < 4.78 is 0. The van der Waals surface area contributed by atoms with E-state index in [0.29, 0.717) is 5.92 Å². The largest absolute Gasteiger partial charge is 0.358 e. The quantitative estimate of drug-likeness (QED) is 0.613. The summed E-state index contributed by atoms with van der Waals surface area (Å²) in [5.74, 6) is 1.54. The van der Waals surface area contributed by atoms with E-state index in [4.69, 9.17) is 5.41 Å². The van der Waals surface area contributed by atoms with Gasteiger partial charge in [-0.3, -0.25) is 10.3 Å². The van der Waals surface area contributed by atoms with Gasteiger partial charge in [-0.2, -0.15) is 0 Å². The third-order valence-corrected chi connectivity index (χ3v) is 5.49. The van der Waals surface area contributed by atoms with Gasteiger partial charge in [0.15, 0.2) is 0 Å². The molecule has 3 fully saturated rings. The summed E-state index contributed by atoms with van der Waals surface area (Å²) in [6, 6.07) is 0.867. The minimum Gasteiger partial charge on any atom is -0.358 e. The van der Waals surface area contributed by atoms with Crippen LogP contribution in [0.25, 0.3) is 0 Å². The van der Waals surface area contributed by atoms with Crippen LogP contribution in [-0.2, 0) is 0 Å². The Morgan fingerprint density at radius 3 is 1.95 bits per heavy atom. The fraction of sp³-hybridized carbons (Fsp3) is 0.938. The Morgan fingerprint density at radius 2 is 1.32 bits per heavy atom. The summed E-state index contributed by atoms with van der Waals surface area (Å²) in [5, 5.41) is 8.46. The number of hydrogen-bond donors (Lipinski definition) is 1. The predicted octanol–water partition coefficient (Wildman–Crippen LogP) is 3.10. The highest BCUT2D eigenvalue weighted by atomic mass is 15.3. The second-order valence-electron chi connectivity index (χ2n) is 6.68. The minimum absolute atomic E-state index is 0.576. The van der Waals surface area contributed by atoms with Crippen LogP contribution in [0.3, 0.4) is 0 Å². The fourth-order valence-corrected chi connectivity index (χ4v) is 4.23. The summed E-state index contributed by atoms with van der Waals surface area (Å²) in [6.45, 7) is 4.59. The van der Waals surface area contributed by atoms with Gasteiger partial charge in [-0.15, -0.1) is 0 Å². The molecule has 0 spiro atoms. The molecule has 0 radical (unpaired) electrons. The Labute approximate surface area is 117 Å². The number of amidine groups is 1. The van der Waals surface area contributed by atoms with Crippen molar-refractivity contribution in [1.82, 2.24) is 9.80 Å². The van der Waals surface area contributed by atoms with Gasteiger partial charge in [0, 0.05) is 38.1 Å². The normalized spacial score (nSPS) is 27.9. The van der Waals surface area contributed by atoms with Crippen LogP contribution in [0.2, 0.25) is 0 Å². The lowest BCUT2D eigenvalue weighted by atomic mass is 9.88. The van der Waals surface area contributed by atoms with Gasteiger partial charge in [-0.25, -0.2) is 0 Å². The Kier molecular flexibility index (Phi) is 4.42. The van der Waals surface area contributed by atoms with E-state index in [-0.39, 0.29) is 0 Å². The molecule has 0 bridgehead atoms. The monoisotopic (exact) mass is 263 g/mol. The average molecular weight is 263 g/mol. The van der Waals surface area contributed by atoms with E-state index >= 15 is 0 Å². The van der Waals surface area contributed by atoms with E-state index in [1.165, 1.54) is 70.9 Å². The van der Waals surface area contributed by atoms with Crippen molar-refractivity contribution in [3.8, 4) is 0 Å². The summed E-state index contributed by atoms with van der Waals surface area (Å²) in [4.78, 5) is 5.07. The van der Waals surface area contributed by atoms with Crippen LogP contribution in [0.4, 0.5) is 0 Å². The lowest BCUT2D eigenvalue weighted by Gasteiger charge is -2.41. The van der Waals surface area contributed by atoms with Gasteiger partial charge < -0.3 is 4.90 Å². The average Bonchev–Trinajstić information content (AvgIpc) is 3.02. The molecule has 0 aromatic carbocycles. The van der Waals surface area contributed by atoms with Gasteiger partial charge in [-0.1, -0.05) is 32.1 Å². The molecule has 1 heterocycles. The summed E-state index contributed by atoms with van der Waals surface area (Å²) >= 11 is 0. The Morgan fingerprint density at radius 1 is 0.737 bits per heavy atom. The van der Waals surface area contributed by atoms with Crippen molar-refractivity contribution in [3.63, 3.8) is 0 Å². The van der Waals surface area contributed by atoms with Crippen molar-refractivity contribution in [1.29, 1.82) is 5.41 Å². The van der Waals surface area contributed by atoms with Gasteiger partial charge in [-0.05, 0) is 25.7 Å². The first-order chi connectivity index (χ1) is 9.34. The summed E-state index contributed by atoms with van der Waals surface area (Å²) in [7, 11) is 0. The van der Waals surface area contributed by atoms with Crippen LogP contribution in [0.5, 0.6) is 0 Å². The SMILES string of the molecule is N=C(C1CCCCC1)N1CCN(C2CCCC2)CC1. The molecule has 1 N–H and O–H groups in total. The van der Waals surface area contributed by atoms with E-state index in [1.54, 1.807) is 0 Å². The zero-order chi connectivity index (χ0) is 13.1. The molecule has 3 heteroatoms. The standard InChI is InChI=1S/C16H29N3/c17-16(14-6-2-1-3-7-14)19-12-10-18(11-13-19)15-8-4-5-9-15/h14-15,17H,1-13H2. The maximum atomic E-state index is 8.46. The molecule has 2 saturated carbocycles. The fourth-order valence-electron chi connectivity index (χ4n) is 4.23. The van der Waals surface area contributed by atoms with Crippen molar-refractivity contribution in [2.24, 2.45) is 5.92 Å². The van der Waals surface area contributed by atoms with E-state index in [1.807, 2.05) is 0 Å². The first-order valence-corrected chi connectivity index (χ1v) is 8.42. The predicted molar refractivity (Wildman–Crippen MR) is 79.7 cm³/mol. The minimum atomic E-state index is 0.576. The first kappa shape index (κ1) is 13.4. The molecule has 3 nitrogen and oxygen atoms in total. The second kappa shape index (κ2) is 6.25. The molecule has 3 rings (SSSR count). The van der Waals surface area contributed by atoms with Crippen LogP contribution in [0.1, 0.15) is 57.8 Å². The van der Waals surface area contributed by atoms with Crippen LogP contribution in [0, 0.1) is 11.3 Å². The van der Waals surface area contributed by atoms with Gasteiger partial charge in [0.1, 0.15) is 0 Å². The van der Waals surface area contributed by atoms with Gasteiger partial charge in [0.25, 0.3) is 0 Å². The number of nitrogens with one attached hydrogen (secondary N) is 1. The lowest BCUT2D eigenvalue weighted by molar-refractivity contribution is 0.129. The van der Waals surface area contributed by atoms with Gasteiger partial charge in [0.05, 0.1) is 5.84 Å². The van der Waals surface area contributed by atoms with Crippen molar-refractivity contribution >= 4 is 5.84 Å². The Hall–Kier alpha value is -0.570. The van der Waals surface area contributed by atoms with E-state index < -0.39 is 0 Å². The maximum Gasteiger partial charge on any atom is 0.0990 e. The van der Waals surface area contributed by atoms with Crippen LogP contribution in [-0.4, -0.2) is 47.9 Å². The number of hydrogen-bond acceptors (Lipinski definition) is 2. The molecule has 1 saturated heterocycles. The molecule has 0 aromatic rings. The molecule has 0 aromatic heterocycles. The van der Waals surface area contributed by atoms with Crippen LogP contribution in [0.15, 0.2) is 0 Å².